The molecule has 2 amide bonds. The molecule has 6 nitrogen and oxygen atoms in total. The van der Waals surface area contributed by atoms with Gasteiger partial charge in [0.1, 0.15) is 0 Å². The Morgan fingerprint density at radius 3 is 2.44 bits per heavy atom. The van der Waals surface area contributed by atoms with Gasteiger partial charge in [-0.1, -0.05) is 36.7 Å². The lowest BCUT2D eigenvalue weighted by Crippen LogP contribution is -2.30. The van der Waals surface area contributed by atoms with Crippen LogP contribution in [0.5, 0.6) is 0 Å². The Bertz CT molecular complexity index is 944. The molecule has 2 aromatic carbocycles. The molecule has 1 N–H and O–H groups in total. The Hall–Kier alpha value is -2.38. The number of rotatable bonds is 3. The Balaban J connectivity index is 1.89. The van der Waals surface area contributed by atoms with Crippen LogP contribution in [0.1, 0.15) is 17.3 Å². The molecule has 8 heteroatoms. The maximum absolute atomic E-state index is 12.3. The first-order valence-corrected chi connectivity index (χ1v) is 9.51. The molecule has 0 aliphatic carbocycles. The van der Waals surface area contributed by atoms with Crippen LogP contribution in [0.2, 0.25) is 5.02 Å². The molecule has 1 fully saturated rings. The molecule has 1 saturated heterocycles. The zero-order valence-corrected chi connectivity index (χ0v) is 14.8. The van der Waals surface area contributed by atoms with Crippen molar-refractivity contribution in [2.45, 2.75) is 6.92 Å². The van der Waals surface area contributed by atoms with Crippen LogP contribution in [0.15, 0.2) is 48.5 Å². The van der Waals surface area contributed by atoms with E-state index >= 15 is 0 Å². The highest BCUT2D eigenvalue weighted by Crippen LogP contribution is 2.31. The lowest BCUT2D eigenvalue weighted by atomic mass is 10.1. The van der Waals surface area contributed by atoms with E-state index in [9.17, 15) is 18.0 Å². The minimum atomic E-state index is -3.71. The number of hydrogen-bond acceptors (Lipinski definition) is 4. The second-order valence-corrected chi connectivity index (χ2v) is 8.04. The van der Waals surface area contributed by atoms with Crippen molar-refractivity contribution in [1.29, 1.82) is 0 Å². The van der Waals surface area contributed by atoms with Crippen LogP contribution in [-0.2, 0) is 14.8 Å². The van der Waals surface area contributed by atoms with Crippen LogP contribution in [0.3, 0.4) is 0 Å². The summed E-state index contributed by atoms with van der Waals surface area (Å²) in [5.74, 6) is -1.77. The molecular weight excluding hydrogens is 364 g/mol. The predicted molar refractivity (Wildman–Crippen MR) is 96.3 cm³/mol. The van der Waals surface area contributed by atoms with E-state index in [1.165, 1.54) is 18.2 Å². The molecule has 25 heavy (non-hydrogen) atoms. The molecule has 3 rings (SSSR count). The molecule has 1 aliphatic rings. The largest absolute Gasteiger partial charge is 0.322 e. The van der Waals surface area contributed by atoms with Gasteiger partial charge in [0.2, 0.25) is 15.9 Å². The number of anilines is 2. The highest BCUT2D eigenvalue weighted by Gasteiger charge is 2.42. The summed E-state index contributed by atoms with van der Waals surface area (Å²) in [5.41, 5.74) is 0.931. The number of nitrogens with one attached hydrogen (secondary N) is 1. The second kappa shape index (κ2) is 6.50. The summed E-state index contributed by atoms with van der Waals surface area (Å²) < 4.78 is 25.0. The Morgan fingerprint density at radius 2 is 1.88 bits per heavy atom. The highest BCUT2D eigenvalue weighted by molar-refractivity contribution is 7.94. The van der Waals surface area contributed by atoms with Gasteiger partial charge in [-0.2, -0.15) is 0 Å². The number of hydrogen-bond donors (Lipinski definition) is 1. The van der Waals surface area contributed by atoms with Crippen molar-refractivity contribution >= 4 is 44.8 Å². The van der Waals surface area contributed by atoms with Gasteiger partial charge in [-0.3, -0.25) is 9.59 Å². The predicted octanol–water partition coefficient (Wildman–Crippen LogP) is 2.90. The molecule has 1 heterocycles. The van der Waals surface area contributed by atoms with Crippen molar-refractivity contribution in [2.75, 3.05) is 15.4 Å². The first kappa shape index (κ1) is 17.4. The van der Waals surface area contributed by atoms with Gasteiger partial charge in [0.15, 0.2) is 0 Å². The van der Waals surface area contributed by atoms with Crippen LogP contribution in [0.25, 0.3) is 0 Å². The van der Waals surface area contributed by atoms with E-state index in [0.29, 0.717) is 5.69 Å². The molecule has 1 unspecified atom stereocenters. The number of amides is 2. The van der Waals surface area contributed by atoms with E-state index < -0.39 is 27.8 Å². The SMILES string of the molecule is CC1CS(=O)(=O)N(c2ccc(C(=O)Nc3ccccc3)c(Cl)c2)C1=O. The summed E-state index contributed by atoms with van der Waals surface area (Å²) in [5, 5.41) is 2.76. The Kier molecular flexibility index (Phi) is 4.53. The monoisotopic (exact) mass is 378 g/mol. The van der Waals surface area contributed by atoms with E-state index in [-0.39, 0.29) is 22.0 Å². The number of nitrogens with zero attached hydrogens (tertiary/aromatic N) is 1. The minimum absolute atomic E-state index is 0.0634. The van der Waals surface area contributed by atoms with Crippen LogP contribution in [0.4, 0.5) is 11.4 Å². The lowest BCUT2D eigenvalue weighted by molar-refractivity contribution is -0.119. The third kappa shape index (κ3) is 3.38. The molecular formula is C17H15ClN2O4S. The number of carbonyl (C=O) groups is 2. The molecule has 1 aliphatic heterocycles. The molecule has 130 valence electrons. The van der Waals surface area contributed by atoms with Crippen molar-refractivity contribution in [3.05, 3.63) is 59.1 Å². The lowest BCUT2D eigenvalue weighted by Gasteiger charge is -2.16. The summed E-state index contributed by atoms with van der Waals surface area (Å²) in [6, 6.07) is 13.0. The molecule has 0 spiro atoms. The van der Waals surface area contributed by atoms with Gasteiger partial charge in [0.05, 0.1) is 27.9 Å². The van der Waals surface area contributed by atoms with Gasteiger partial charge in [0.25, 0.3) is 5.91 Å². The average molecular weight is 379 g/mol. The second-order valence-electron chi connectivity index (χ2n) is 5.77. The maximum Gasteiger partial charge on any atom is 0.257 e. The quantitative estimate of drug-likeness (QED) is 0.890. The number of halogens is 1. The zero-order chi connectivity index (χ0) is 18.2. The molecule has 0 radical (unpaired) electrons. The van der Waals surface area contributed by atoms with Crippen molar-refractivity contribution < 1.29 is 18.0 Å². The van der Waals surface area contributed by atoms with Gasteiger partial charge >= 0.3 is 0 Å². The molecule has 1 atom stereocenters. The van der Waals surface area contributed by atoms with Crippen LogP contribution < -0.4 is 9.62 Å². The first-order chi connectivity index (χ1) is 11.8. The van der Waals surface area contributed by atoms with Gasteiger partial charge < -0.3 is 5.32 Å². The molecule has 0 aromatic heterocycles. The standard InChI is InChI=1S/C17H15ClN2O4S/c1-11-10-25(23,24)20(17(11)22)13-7-8-14(15(18)9-13)16(21)19-12-5-3-2-4-6-12/h2-9,11H,10H2,1H3,(H,19,21). The minimum Gasteiger partial charge on any atom is -0.322 e. The summed E-state index contributed by atoms with van der Waals surface area (Å²) in [4.78, 5) is 24.4. The van der Waals surface area contributed by atoms with Crippen LogP contribution >= 0.6 is 11.6 Å². The fourth-order valence-electron chi connectivity index (χ4n) is 2.62. The normalized spacial score (nSPS) is 19.0. The van der Waals surface area contributed by atoms with Crippen LogP contribution in [0, 0.1) is 5.92 Å². The molecule has 0 bridgehead atoms. The number of sulfonamides is 1. The fraction of sp³-hybridized carbons (Fsp3) is 0.176. The smallest absolute Gasteiger partial charge is 0.257 e. The fourth-order valence-corrected chi connectivity index (χ4v) is 4.69. The number of para-hydroxylation sites is 1. The first-order valence-electron chi connectivity index (χ1n) is 7.52. The van der Waals surface area contributed by atoms with Gasteiger partial charge in [-0.05, 0) is 30.3 Å². The van der Waals surface area contributed by atoms with E-state index in [1.807, 2.05) is 6.07 Å². The number of carbonyl (C=O) groups excluding carboxylic acids is 2. The highest BCUT2D eigenvalue weighted by atomic mass is 35.5. The average Bonchev–Trinajstić information content (AvgIpc) is 2.75. The van der Waals surface area contributed by atoms with E-state index in [0.717, 1.165) is 4.31 Å². The Morgan fingerprint density at radius 1 is 1.20 bits per heavy atom. The van der Waals surface area contributed by atoms with Gasteiger partial charge in [-0.15, -0.1) is 0 Å². The summed E-state index contributed by atoms with van der Waals surface area (Å²) in [7, 11) is -3.71. The van der Waals surface area contributed by atoms with Crippen molar-refractivity contribution in [2.24, 2.45) is 5.92 Å². The van der Waals surface area contributed by atoms with Crippen molar-refractivity contribution in [3.8, 4) is 0 Å². The Labute approximate surface area is 150 Å². The third-order valence-corrected chi connectivity index (χ3v) is 6.01. The van der Waals surface area contributed by atoms with E-state index in [1.54, 1.807) is 31.2 Å². The van der Waals surface area contributed by atoms with Crippen LogP contribution in [-0.4, -0.2) is 26.0 Å². The third-order valence-electron chi connectivity index (χ3n) is 3.82. The summed E-state index contributed by atoms with van der Waals surface area (Å²) in [6.07, 6.45) is 0. The zero-order valence-electron chi connectivity index (χ0n) is 13.3. The van der Waals surface area contributed by atoms with Gasteiger partial charge in [-0.25, -0.2) is 12.7 Å². The topological polar surface area (TPSA) is 83.6 Å². The maximum atomic E-state index is 12.3. The van der Waals surface area contributed by atoms with Crippen molar-refractivity contribution in [1.82, 2.24) is 0 Å². The van der Waals surface area contributed by atoms with E-state index in [4.69, 9.17) is 11.6 Å². The van der Waals surface area contributed by atoms with Gasteiger partial charge in [0, 0.05) is 5.69 Å². The molecule has 0 saturated carbocycles. The van der Waals surface area contributed by atoms with E-state index in [2.05, 4.69) is 5.32 Å². The molecule has 2 aromatic rings. The summed E-state index contributed by atoms with van der Waals surface area (Å²) >= 11 is 6.15. The summed E-state index contributed by atoms with van der Waals surface area (Å²) in [6.45, 7) is 1.56. The van der Waals surface area contributed by atoms with Crippen molar-refractivity contribution in [3.63, 3.8) is 0 Å². The number of benzene rings is 2.